The molecule has 0 aromatic heterocycles. The average molecular weight is 373 g/mol. The molecule has 0 aliphatic heterocycles. The molecule has 4 heteroatoms. The van der Waals surface area contributed by atoms with Gasteiger partial charge in [-0.15, -0.1) is 0 Å². The molecule has 1 aliphatic rings. The number of aromatic hydroxyl groups is 1. The van der Waals surface area contributed by atoms with Crippen molar-refractivity contribution in [3.8, 4) is 11.5 Å². The first-order valence-corrected chi connectivity index (χ1v) is 9.42. The van der Waals surface area contributed by atoms with Gasteiger partial charge in [-0.1, -0.05) is 36.4 Å². The van der Waals surface area contributed by atoms with Gasteiger partial charge in [0.05, 0.1) is 7.11 Å². The number of rotatable bonds is 3. The van der Waals surface area contributed by atoms with Crippen LogP contribution in [-0.2, 0) is 12.8 Å². The Balaban J connectivity index is 2.05. The fraction of sp³-hybridized carbons (Fsp3) is 0.208. The number of carbonyl (C=O) groups excluding carboxylic acids is 1. The molecular formula is C24H23NO3. The van der Waals surface area contributed by atoms with Crippen LogP contribution in [-0.4, -0.2) is 25.2 Å². The van der Waals surface area contributed by atoms with Crippen LogP contribution in [0.15, 0.2) is 60.7 Å². The van der Waals surface area contributed by atoms with Crippen molar-refractivity contribution in [1.29, 1.82) is 0 Å². The van der Waals surface area contributed by atoms with Crippen LogP contribution in [0.4, 0.5) is 0 Å². The van der Waals surface area contributed by atoms with Gasteiger partial charge in [-0.3, -0.25) is 4.79 Å². The van der Waals surface area contributed by atoms with E-state index in [0.29, 0.717) is 17.1 Å². The van der Waals surface area contributed by atoms with E-state index in [0.717, 1.165) is 35.1 Å². The molecule has 28 heavy (non-hydrogen) atoms. The summed E-state index contributed by atoms with van der Waals surface area (Å²) in [7, 11) is 3.26. The molecule has 1 atom stereocenters. The summed E-state index contributed by atoms with van der Waals surface area (Å²) in [6, 6.07) is 19.5. The quantitative estimate of drug-likeness (QED) is 0.728. The molecule has 2 N–H and O–H groups in total. The number of benzene rings is 3. The van der Waals surface area contributed by atoms with E-state index >= 15 is 0 Å². The second kappa shape index (κ2) is 7.39. The second-order valence-corrected chi connectivity index (χ2v) is 7.01. The fourth-order valence-corrected chi connectivity index (χ4v) is 4.19. The number of hydrogen-bond donors (Lipinski definition) is 2. The van der Waals surface area contributed by atoms with Crippen molar-refractivity contribution in [2.75, 3.05) is 14.2 Å². The van der Waals surface area contributed by atoms with Crippen LogP contribution in [0.3, 0.4) is 0 Å². The largest absolute Gasteiger partial charge is 0.508 e. The van der Waals surface area contributed by atoms with Crippen molar-refractivity contribution < 1.29 is 14.6 Å². The van der Waals surface area contributed by atoms with Gasteiger partial charge >= 0.3 is 0 Å². The molecule has 0 spiro atoms. The van der Waals surface area contributed by atoms with Crippen molar-refractivity contribution in [3.05, 3.63) is 94.0 Å². The Morgan fingerprint density at radius 2 is 1.79 bits per heavy atom. The van der Waals surface area contributed by atoms with Crippen molar-refractivity contribution in [3.63, 3.8) is 0 Å². The van der Waals surface area contributed by atoms with E-state index < -0.39 is 0 Å². The predicted molar refractivity (Wildman–Crippen MR) is 109 cm³/mol. The van der Waals surface area contributed by atoms with Gasteiger partial charge in [0.1, 0.15) is 11.5 Å². The molecule has 0 radical (unpaired) electrons. The SMILES string of the molecule is CNC(=O)c1ccc(OC)cc1C1c2ccccc2CCc2c(O)cccc21. The number of carbonyl (C=O) groups is 1. The normalized spacial score (nSPS) is 15.1. The van der Waals surface area contributed by atoms with Gasteiger partial charge in [-0.05, 0) is 64.9 Å². The number of fused-ring (bicyclic) bond motifs is 2. The second-order valence-electron chi connectivity index (χ2n) is 7.01. The molecule has 1 amide bonds. The third-order valence-electron chi connectivity index (χ3n) is 5.55. The van der Waals surface area contributed by atoms with Crippen molar-refractivity contribution in [2.45, 2.75) is 18.8 Å². The van der Waals surface area contributed by atoms with Crippen LogP contribution in [0.1, 0.15) is 44.1 Å². The summed E-state index contributed by atoms with van der Waals surface area (Å²) in [4.78, 5) is 12.7. The van der Waals surface area contributed by atoms with Gasteiger partial charge in [-0.25, -0.2) is 0 Å². The third-order valence-corrected chi connectivity index (χ3v) is 5.55. The summed E-state index contributed by atoms with van der Waals surface area (Å²) in [5.41, 5.74) is 5.84. The zero-order valence-corrected chi connectivity index (χ0v) is 16.0. The number of nitrogens with one attached hydrogen (secondary N) is 1. The van der Waals surface area contributed by atoms with Gasteiger partial charge < -0.3 is 15.2 Å². The Labute approximate surface area is 164 Å². The van der Waals surface area contributed by atoms with Gasteiger partial charge in [0.2, 0.25) is 0 Å². The number of ether oxygens (including phenoxy) is 1. The van der Waals surface area contributed by atoms with Crippen LogP contribution >= 0.6 is 0 Å². The maximum absolute atomic E-state index is 12.7. The summed E-state index contributed by atoms with van der Waals surface area (Å²) in [5, 5.41) is 13.3. The molecule has 0 fully saturated rings. The summed E-state index contributed by atoms with van der Waals surface area (Å²) in [6.07, 6.45) is 1.60. The first kappa shape index (κ1) is 18.1. The number of aryl methyl sites for hydroxylation is 1. The zero-order chi connectivity index (χ0) is 19.7. The minimum absolute atomic E-state index is 0.138. The molecule has 0 saturated carbocycles. The Bertz CT molecular complexity index is 1040. The monoisotopic (exact) mass is 373 g/mol. The summed E-state index contributed by atoms with van der Waals surface area (Å²) >= 11 is 0. The van der Waals surface area contributed by atoms with E-state index in [1.54, 1.807) is 26.3 Å². The molecular weight excluding hydrogens is 350 g/mol. The summed E-state index contributed by atoms with van der Waals surface area (Å²) in [5.74, 6) is 0.704. The minimum atomic E-state index is -0.164. The van der Waals surface area contributed by atoms with Crippen LogP contribution in [0, 0.1) is 0 Å². The molecule has 0 saturated heterocycles. The van der Waals surface area contributed by atoms with Gasteiger partial charge in [-0.2, -0.15) is 0 Å². The standard InChI is InChI=1S/C24H23NO3/c1-25-24(27)20-13-11-16(28-2)14-21(20)23-17-7-4-3-6-15(17)10-12-18-19(23)8-5-9-22(18)26/h3-9,11,13-14,23,26H,10,12H2,1-2H3,(H,25,27). The highest BCUT2D eigenvalue weighted by atomic mass is 16.5. The Morgan fingerprint density at radius 1 is 1.00 bits per heavy atom. The highest BCUT2D eigenvalue weighted by Gasteiger charge is 2.29. The fourth-order valence-electron chi connectivity index (χ4n) is 4.19. The first-order chi connectivity index (χ1) is 13.6. The van der Waals surface area contributed by atoms with Crippen molar-refractivity contribution in [1.82, 2.24) is 5.32 Å². The number of methoxy groups -OCH3 is 1. The molecule has 142 valence electrons. The lowest BCUT2D eigenvalue weighted by Crippen LogP contribution is -2.21. The van der Waals surface area contributed by atoms with Gasteiger partial charge in [0, 0.05) is 18.5 Å². The van der Waals surface area contributed by atoms with Crippen molar-refractivity contribution >= 4 is 5.91 Å². The van der Waals surface area contributed by atoms with Crippen LogP contribution in [0.5, 0.6) is 11.5 Å². The highest BCUT2D eigenvalue weighted by Crippen LogP contribution is 2.43. The molecule has 1 unspecified atom stereocenters. The van der Waals surface area contributed by atoms with Crippen LogP contribution in [0.25, 0.3) is 0 Å². The minimum Gasteiger partial charge on any atom is -0.508 e. The van der Waals surface area contributed by atoms with E-state index in [1.807, 2.05) is 30.3 Å². The van der Waals surface area contributed by atoms with Crippen molar-refractivity contribution in [2.24, 2.45) is 0 Å². The molecule has 3 aromatic rings. The number of phenolic OH excluding ortho intramolecular Hbond substituents is 1. The first-order valence-electron chi connectivity index (χ1n) is 9.42. The zero-order valence-electron chi connectivity index (χ0n) is 16.0. The Morgan fingerprint density at radius 3 is 2.57 bits per heavy atom. The lowest BCUT2D eigenvalue weighted by molar-refractivity contribution is 0.0962. The number of hydrogen-bond acceptors (Lipinski definition) is 3. The topological polar surface area (TPSA) is 58.6 Å². The molecule has 3 aromatic carbocycles. The molecule has 1 aliphatic carbocycles. The summed E-state index contributed by atoms with van der Waals surface area (Å²) < 4.78 is 5.46. The predicted octanol–water partition coefficient (Wildman–Crippen LogP) is 4.04. The highest BCUT2D eigenvalue weighted by molar-refractivity contribution is 5.96. The summed E-state index contributed by atoms with van der Waals surface area (Å²) in [6.45, 7) is 0. The van der Waals surface area contributed by atoms with Gasteiger partial charge in [0.25, 0.3) is 5.91 Å². The molecule has 4 nitrogen and oxygen atoms in total. The molecule has 0 heterocycles. The number of amides is 1. The average Bonchev–Trinajstić information content (AvgIpc) is 2.90. The van der Waals surface area contributed by atoms with Crippen LogP contribution < -0.4 is 10.1 Å². The van der Waals surface area contributed by atoms with Gasteiger partial charge in [0.15, 0.2) is 0 Å². The Hall–Kier alpha value is -3.27. The molecule has 4 rings (SSSR count). The lowest BCUT2D eigenvalue weighted by atomic mass is 9.80. The number of phenols is 1. The third kappa shape index (κ3) is 3.01. The van der Waals surface area contributed by atoms with E-state index in [-0.39, 0.29) is 11.8 Å². The Kier molecular flexibility index (Phi) is 4.78. The van der Waals surface area contributed by atoms with E-state index in [4.69, 9.17) is 4.74 Å². The lowest BCUT2D eigenvalue weighted by Gasteiger charge is -2.24. The smallest absolute Gasteiger partial charge is 0.251 e. The maximum atomic E-state index is 12.7. The van der Waals surface area contributed by atoms with E-state index in [1.165, 1.54) is 5.56 Å². The maximum Gasteiger partial charge on any atom is 0.251 e. The van der Waals surface area contributed by atoms with E-state index in [9.17, 15) is 9.90 Å². The molecule has 0 bridgehead atoms. The van der Waals surface area contributed by atoms with E-state index in [2.05, 4.69) is 23.5 Å². The van der Waals surface area contributed by atoms with Crippen LogP contribution in [0.2, 0.25) is 0 Å².